The maximum atomic E-state index is 6.07. The highest BCUT2D eigenvalue weighted by Gasteiger charge is 2.38. The van der Waals surface area contributed by atoms with Gasteiger partial charge in [-0.1, -0.05) is 20.3 Å². The normalized spacial score (nSPS) is 19.7. The van der Waals surface area contributed by atoms with Gasteiger partial charge >= 0.3 is 0 Å². The molecule has 4 nitrogen and oxygen atoms in total. The highest BCUT2D eigenvalue weighted by Crippen LogP contribution is 2.50. The van der Waals surface area contributed by atoms with Crippen LogP contribution in [0.1, 0.15) is 50.3 Å². The molecule has 0 aromatic carbocycles. The summed E-state index contributed by atoms with van der Waals surface area (Å²) in [5, 5.41) is 4.24. The first-order valence-corrected chi connectivity index (χ1v) is 6.62. The molecule has 0 spiro atoms. The van der Waals surface area contributed by atoms with Crippen molar-refractivity contribution in [2.24, 2.45) is 5.41 Å². The van der Waals surface area contributed by atoms with E-state index in [1.165, 1.54) is 19.3 Å². The Hall–Kier alpha value is -1.58. The van der Waals surface area contributed by atoms with Crippen LogP contribution in [0.2, 0.25) is 0 Å². The molecule has 0 saturated heterocycles. The predicted molar refractivity (Wildman–Crippen MR) is 72.5 cm³/mol. The molecule has 96 valence electrons. The smallest absolute Gasteiger partial charge is 0.160 e. The fraction of sp³-hybridized carbons (Fsp3) is 0.571. The first-order chi connectivity index (χ1) is 8.51. The van der Waals surface area contributed by atoms with Crippen LogP contribution in [0.15, 0.2) is 12.3 Å². The van der Waals surface area contributed by atoms with Crippen molar-refractivity contribution in [3.8, 4) is 0 Å². The molecular formula is C14H20N4. The van der Waals surface area contributed by atoms with E-state index in [-0.39, 0.29) is 0 Å². The zero-order valence-electron chi connectivity index (χ0n) is 11.3. The molecule has 2 aromatic rings. The van der Waals surface area contributed by atoms with Crippen molar-refractivity contribution >= 4 is 11.5 Å². The molecule has 2 heterocycles. The molecule has 1 atom stereocenters. The third kappa shape index (κ3) is 1.51. The van der Waals surface area contributed by atoms with E-state index in [2.05, 4.69) is 18.9 Å². The van der Waals surface area contributed by atoms with Crippen LogP contribution >= 0.6 is 0 Å². The van der Waals surface area contributed by atoms with Crippen molar-refractivity contribution < 1.29 is 0 Å². The summed E-state index contributed by atoms with van der Waals surface area (Å²) in [5.41, 5.74) is 9.54. The Morgan fingerprint density at radius 1 is 1.44 bits per heavy atom. The fourth-order valence-electron chi connectivity index (χ4n) is 2.86. The molecule has 18 heavy (non-hydrogen) atoms. The third-order valence-electron chi connectivity index (χ3n) is 4.68. The monoisotopic (exact) mass is 244 g/mol. The predicted octanol–water partition coefficient (Wildman–Crippen LogP) is 2.91. The molecule has 2 aromatic heterocycles. The van der Waals surface area contributed by atoms with Crippen molar-refractivity contribution in [2.75, 3.05) is 5.73 Å². The maximum absolute atomic E-state index is 6.07. The number of hydrogen-bond acceptors (Lipinski definition) is 3. The van der Waals surface area contributed by atoms with E-state index in [0.29, 0.717) is 17.2 Å². The van der Waals surface area contributed by atoms with Crippen molar-refractivity contribution in [3.05, 3.63) is 23.5 Å². The topological polar surface area (TPSA) is 56.2 Å². The lowest BCUT2D eigenvalue weighted by Gasteiger charge is -2.43. The summed E-state index contributed by atoms with van der Waals surface area (Å²) in [6, 6.07) is 1.98. The summed E-state index contributed by atoms with van der Waals surface area (Å²) in [7, 11) is 0. The number of anilines is 1. The highest BCUT2D eigenvalue weighted by atomic mass is 15.3. The second-order valence-corrected chi connectivity index (χ2v) is 5.90. The Bertz CT molecular complexity index is 595. The van der Waals surface area contributed by atoms with Gasteiger partial charge in [0.1, 0.15) is 5.82 Å². The molecule has 3 rings (SSSR count). The van der Waals surface area contributed by atoms with Crippen molar-refractivity contribution in [1.82, 2.24) is 14.6 Å². The summed E-state index contributed by atoms with van der Waals surface area (Å²) in [6.45, 7) is 6.64. The molecule has 4 heteroatoms. The maximum Gasteiger partial charge on any atom is 0.160 e. The standard InChI is InChI=1S/C14H20N4/c1-9-8-16-18-12(15)7-11(17-13(9)18)10(2)14(3)5-4-6-14/h7-8,10H,4-6,15H2,1-3H3/t10-/m0/s1. The van der Waals surface area contributed by atoms with Crippen LogP contribution in [0.4, 0.5) is 5.82 Å². The number of nitrogens with zero attached hydrogens (tertiary/aromatic N) is 3. The number of rotatable bonds is 2. The van der Waals surface area contributed by atoms with E-state index in [0.717, 1.165) is 16.9 Å². The lowest BCUT2D eigenvalue weighted by molar-refractivity contribution is 0.123. The van der Waals surface area contributed by atoms with Crippen LogP contribution in [0, 0.1) is 12.3 Å². The summed E-state index contributed by atoms with van der Waals surface area (Å²) >= 11 is 0. The number of hydrogen-bond donors (Lipinski definition) is 1. The molecule has 0 amide bonds. The van der Waals surface area contributed by atoms with E-state index in [9.17, 15) is 0 Å². The van der Waals surface area contributed by atoms with Crippen LogP contribution in [0.25, 0.3) is 5.65 Å². The van der Waals surface area contributed by atoms with E-state index < -0.39 is 0 Å². The first kappa shape index (κ1) is 11.5. The summed E-state index contributed by atoms with van der Waals surface area (Å²) in [6.07, 6.45) is 5.74. The van der Waals surface area contributed by atoms with Crippen molar-refractivity contribution in [3.63, 3.8) is 0 Å². The Balaban J connectivity index is 2.09. The van der Waals surface area contributed by atoms with Crippen molar-refractivity contribution in [1.29, 1.82) is 0 Å². The van der Waals surface area contributed by atoms with Crippen LogP contribution < -0.4 is 5.73 Å². The minimum atomic E-state index is 0.395. The second-order valence-electron chi connectivity index (χ2n) is 5.90. The van der Waals surface area contributed by atoms with Crippen LogP contribution in [0.5, 0.6) is 0 Å². The molecular weight excluding hydrogens is 224 g/mol. The zero-order valence-corrected chi connectivity index (χ0v) is 11.3. The van der Waals surface area contributed by atoms with Gasteiger partial charge in [-0.05, 0) is 25.2 Å². The quantitative estimate of drug-likeness (QED) is 0.883. The Morgan fingerprint density at radius 3 is 2.78 bits per heavy atom. The van der Waals surface area contributed by atoms with Gasteiger partial charge in [-0.25, -0.2) is 4.98 Å². The minimum absolute atomic E-state index is 0.395. The third-order valence-corrected chi connectivity index (χ3v) is 4.68. The van der Waals surface area contributed by atoms with Gasteiger partial charge < -0.3 is 5.73 Å². The lowest BCUT2D eigenvalue weighted by atomic mass is 9.62. The largest absolute Gasteiger partial charge is 0.384 e. The molecule has 1 aliphatic rings. The van der Waals surface area contributed by atoms with Crippen molar-refractivity contribution in [2.45, 2.75) is 46.0 Å². The minimum Gasteiger partial charge on any atom is -0.384 e. The number of fused-ring (bicyclic) bond motifs is 1. The molecule has 2 N–H and O–H groups in total. The van der Waals surface area contributed by atoms with Gasteiger partial charge in [0.2, 0.25) is 0 Å². The van der Waals surface area contributed by atoms with Gasteiger partial charge in [-0.2, -0.15) is 9.61 Å². The zero-order chi connectivity index (χ0) is 12.9. The molecule has 0 bridgehead atoms. The van der Waals surface area contributed by atoms with Crippen LogP contribution in [-0.2, 0) is 0 Å². The second kappa shape index (κ2) is 3.70. The average molecular weight is 244 g/mol. The SMILES string of the molecule is Cc1cnn2c(N)cc([C@H](C)C3(C)CCC3)nc12. The lowest BCUT2D eigenvalue weighted by Crippen LogP contribution is -2.32. The summed E-state index contributed by atoms with van der Waals surface area (Å²) in [5.74, 6) is 1.13. The van der Waals surface area contributed by atoms with Crippen LogP contribution in [-0.4, -0.2) is 14.6 Å². The van der Waals surface area contributed by atoms with Gasteiger partial charge in [-0.3, -0.25) is 0 Å². The molecule has 0 aliphatic heterocycles. The van der Waals surface area contributed by atoms with Crippen LogP contribution in [0.3, 0.4) is 0 Å². The van der Waals surface area contributed by atoms with E-state index in [1.807, 2.05) is 19.2 Å². The molecule has 1 fully saturated rings. The van der Waals surface area contributed by atoms with E-state index in [1.54, 1.807) is 4.52 Å². The first-order valence-electron chi connectivity index (χ1n) is 6.62. The highest BCUT2D eigenvalue weighted by molar-refractivity contribution is 5.52. The number of nitrogens with two attached hydrogens (primary N) is 1. The Labute approximate surface area is 107 Å². The molecule has 0 radical (unpaired) electrons. The van der Waals surface area contributed by atoms with Gasteiger partial charge in [0.15, 0.2) is 5.65 Å². The Morgan fingerprint density at radius 2 is 2.17 bits per heavy atom. The van der Waals surface area contributed by atoms with E-state index in [4.69, 9.17) is 10.7 Å². The number of aromatic nitrogens is 3. The summed E-state index contributed by atoms with van der Waals surface area (Å²) < 4.78 is 1.72. The fourth-order valence-corrected chi connectivity index (χ4v) is 2.86. The van der Waals surface area contributed by atoms with E-state index >= 15 is 0 Å². The average Bonchev–Trinajstić information content (AvgIpc) is 2.68. The molecule has 1 saturated carbocycles. The molecule has 0 unspecified atom stereocenters. The molecule has 1 aliphatic carbocycles. The van der Waals surface area contributed by atoms with Gasteiger partial charge in [0, 0.05) is 23.2 Å². The van der Waals surface area contributed by atoms with Gasteiger partial charge in [0.25, 0.3) is 0 Å². The number of nitrogen functional groups attached to an aromatic ring is 1. The van der Waals surface area contributed by atoms with Gasteiger partial charge in [-0.15, -0.1) is 0 Å². The van der Waals surface area contributed by atoms with Gasteiger partial charge in [0.05, 0.1) is 6.20 Å². The Kier molecular flexibility index (Phi) is 2.37. The number of aryl methyl sites for hydroxylation is 1. The summed E-state index contributed by atoms with van der Waals surface area (Å²) in [4.78, 5) is 4.76.